The highest BCUT2D eigenvalue weighted by Gasteiger charge is 2.27. The molecule has 0 bridgehead atoms. The molecule has 0 saturated carbocycles. The van der Waals surface area contributed by atoms with Crippen LogP contribution in [0, 0.1) is 0 Å². The van der Waals surface area contributed by atoms with Crippen molar-refractivity contribution in [1.29, 1.82) is 0 Å². The van der Waals surface area contributed by atoms with Crippen LogP contribution < -0.4 is 5.32 Å². The number of rotatable bonds is 5. The topological polar surface area (TPSA) is 72.5 Å². The Morgan fingerprint density at radius 1 is 0.933 bits per heavy atom. The second kappa shape index (κ2) is 8.13. The fraction of sp³-hybridized carbons (Fsp3) is 0.125. The predicted molar refractivity (Wildman–Crippen MR) is 114 cm³/mol. The van der Waals surface area contributed by atoms with E-state index in [1.54, 1.807) is 48.5 Å². The summed E-state index contributed by atoms with van der Waals surface area (Å²) in [5.74, 6) is -0.931. The quantitative estimate of drug-likeness (QED) is 0.480. The summed E-state index contributed by atoms with van der Waals surface area (Å²) in [6.07, 6.45) is -0.0286. The number of hydrogen-bond acceptors (Lipinski definition) is 4. The van der Waals surface area contributed by atoms with Crippen LogP contribution in [0.5, 0.6) is 0 Å². The number of carbonyl (C=O) groups is 3. The van der Waals surface area contributed by atoms with Crippen LogP contribution >= 0.6 is 11.6 Å². The van der Waals surface area contributed by atoms with Crippen LogP contribution in [0.25, 0.3) is 11.1 Å². The lowest BCUT2D eigenvalue weighted by Gasteiger charge is -2.18. The second-order valence-electron chi connectivity index (χ2n) is 6.99. The van der Waals surface area contributed by atoms with Crippen LogP contribution in [0.2, 0.25) is 5.02 Å². The van der Waals surface area contributed by atoms with Gasteiger partial charge in [0.1, 0.15) is 0 Å². The Kier molecular flexibility index (Phi) is 5.38. The lowest BCUT2D eigenvalue weighted by Crippen LogP contribution is -2.30. The van der Waals surface area contributed by atoms with Crippen molar-refractivity contribution >= 4 is 29.3 Å². The Hall–Kier alpha value is -3.44. The molecule has 0 spiro atoms. The van der Waals surface area contributed by atoms with Gasteiger partial charge in [-0.3, -0.25) is 14.4 Å². The first-order valence-corrected chi connectivity index (χ1v) is 9.77. The first-order valence-electron chi connectivity index (χ1n) is 9.39. The molecule has 3 aromatic rings. The number of amides is 1. The number of ketones is 1. The Morgan fingerprint density at radius 3 is 2.30 bits per heavy atom. The van der Waals surface area contributed by atoms with Crippen molar-refractivity contribution in [3.8, 4) is 11.1 Å². The van der Waals surface area contributed by atoms with Crippen molar-refractivity contribution in [3.05, 3.63) is 94.0 Å². The van der Waals surface area contributed by atoms with Crippen LogP contribution in [-0.4, -0.2) is 24.8 Å². The number of esters is 1. The van der Waals surface area contributed by atoms with Gasteiger partial charge in [0, 0.05) is 21.7 Å². The highest BCUT2D eigenvalue weighted by atomic mass is 35.5. The molecular formula is C24H18ClNO4. The maximum Gasteiger partial charge on any atom is 0.307 e. The molecule has 1 amide bonds. The van der Waals surface area contributed by atoms with E-state index in [1.807, 2.05) is 18.2 Å². The van der Waals surface area contributed by atoms with Gasteiger partial charge in [-0.1, -0.05) is 54.1 Å². The first kappa shape index (κ1) is 19.9. The second-order valence-corrected chi connectivity index (χ2v) is 7.43. The van der Waals surface area contributed by atoms with Gasteiger partial charge in [0.2, 0.25) is 0 Å². The Balaban J connectivity index is 1.61. The van der Waals surface area contributed by atoms with Crippen LogP contribution in [0.15, 0.2) is 66.7 Å². The smallest absolute Gasteiger partial charge is 0.307 e. The highest BCUT2D eigenvalue weighted by Crippen LogP contribution is 2.36. The summed E-state index contributed by atoms with van der Waals surface area (Å²) in [6.45, 7) is 0. The summed E-state index contributed by atoms with van der Waals surface area (Å²) < 4.78 is 4.76. The molecule has 3 aromatic carbocycles. The van der Waals surface area contributed by atoms with Crippen molar-refractivity contribution in [1.82, 2.24) is 5.32 Å². The van der Waals surface area contributed by atoms with E-state index in [1.165, 1.54) is 7.11 Å². The summed E-state index contributed by atoms with van der Waals surface area (Å²) >= 11 is 5.95. The molecule has 1 aliphatic carbocycles. The molecule has 0 aliphatic heterocycles. The van der Waals surface area contributed by atoms with Gasteiger partial charge < -0.3 is 10.1 Å². The first-order chi connectivity index (χ1) is 14.5. The number of hydrogen-bond donors (Lipinski definition) is 1. The molecule has 1 aliphatic rings. The van der Waals surface area contributed by atoms with Gasteiger partial charge in [0.05, 0.1) is 19.6 Å². The number of ether oxygens (including phenoxy) is 1. The number of nitrogens with one attached hydrogen (secondary N) is 1. The van der Waals surface area contributed by atoms with Crippen LogP contribution in [0.1, 0.15) is 44.3 Å². The summed E-state index contributed by atoms with van der Waals surface area (Å²) in [7, 11) is 1.30. The number of halogens is 1. The fourth-order valence-electron chi connectivity index (χ4n) is 3.61. The van der Waals surface area contributed by atoms with Crippen molar-refractivity contribution in [2.45, 2.75) is 12.5 Å². The van der Waals surface area contributed by atoms with E-state index in [2.05, 4.69) is 5.32 Å². The maximum absolute atomic E-state index is 12.9. The monoisotopic (exact) mass is 419 g/mol. The van der Waals surface area contributed by atoms with E-state index in [0.717, 1.165) is 16.7 Å². The normalized spacial score (nSPS) is 12.7. The predicted octanol–water partition coefficient (Wildman–Crippen LogP) is 4.59. The summed E-state index contributed by atoms with van der Waals surface area (Å²) in [5.41, 5.74) is 3.89. The van der Waals surface area contributed by atoms with Gasteiger partial charge in [-0.05, 0) is 41.0 Å². The fourth-order valence-corrected chi connectivity index (χ4v) is 3.73. The van der Waals surface area contributed by atoms with E-state index in [4.69, 9.17) is 16.3 Å². The number of carbonyl (C=O) groups excluding carboxylic acids is 3. The minimum absolute atomic E-state index is 0.0286. The van der Waals surface area contributed by atoms with Gasteiger partial charge in [-0.15, -0.1) is 0 Å². The van der Waals surface area contributed by atoms with Crippen molar-refractivity contribution in [3.63, 3.8) is 0 Å². The van der Waals surface area contributed by atoms with Crippen LogP contribution in [0.3, 0.4) is 0 Å². The average Bonchev–Trinajstić information content (AvgIpc) is 3.05. The summed E-state index contributed by atoms with van der Waals surface area (Å²) in [5, 5.41) is 3.42. The number of methoxy groups -OCH3 is 1. The molecule has 6 heteroatoms. The van der Waals surface area contributed by atoms with E-state index < -0.39 is 12.0 Å². The van der Waals surface area contributed by atoms with Crippen molar-refractivity contribution in [2.24, 2.45) is 0 Å². The molecule has 0 fully saturated rings. The molecule has 0 radical (unpaired) electrons. The lowest BCUT2D eigenvalue weighted by atomic mass is 10.0. The molecule has 0 heterocycles. The third-order valence-electron chi connectivity index (χ3n) is 5.16. The van der Waals surface area contributed by atoms with Crippen LogP contribution in [0.4, 0.5) is 0 Å². The zero-order valence-electron chi connectivity index (χ0n) is 16.1. The molecule has 4 rings (SSSR count). The molecule has 1 N–H and O–H groups in total. The van der Waals surface area contributed by atoms with E-state index in [-0.39, 0.29) is 18.1 Å². The summed E-state index contributed by atoms with van der Waals surface area (Å²) in [4.78, 5) is 37.5. The molecule has 150 valence electrons. The van der Waals surface area contributed by atoms with E-state index in [0.29, 0.717) is 21.7 Å². The van der Waals surface area contributed by atoms with Gasteiger partial charge in [0.15, 0.2) is 5.78 Å². The average molecular weight is 420 g/mol. The van der Waals surface area contributed by atoms with Crippen molar-refractivity contribution in [2.75, 3.05) is 7.11 Å². The van der Waals surface area contributed by atoms with E-state index in [9.17, 15) is 14.4 Å². The zero-order valence-corrected chi connectivity index (χ0v) is 16.9. The standard InChI is InChI=1S/C24H18ClNO4/c1-30-22(27)13-21(14-6-9-16(25)10-7-14)26-24(29)15-8-11-18-17-4-2-3-5-19(17)23(28)20(18)12-15/h2-12,21H,13H2,1H3,(H,26,29). The lowest BCUT2D eigenvalue weighted by molar-refractivity contribution is -0.141. The van der Waals surface area contributed by atoms with Crippen LogP contribution in [-0.2, 0) is 9.53 Å². The Bertz CT molecular complexity index is 1150. The molecular weight excluding hydrogens is 402 g/mol. The number of fused-ring (bicyclic) bond motifs is 3. The Labute approximate surface area is 178 Å². The minimum Gasteiger partial charge on any atom is -0.469 e. The van der Waals surface area contributed by atoms with Crippen molar-refractivity contribution < 1.29 is 19.1 Å². The van der Waals surface area contributed by atoms with Gasteiger partial charge in [-0.2, -0.15) is 0 Å². The van der Waals surface area contributed by atoms with E-state index >= 15 is 0 Å². The third kappa shape index (κ3) is 3.72. The Morgan fingerprint density at radius 2 is 1.60 bits per heavy atom. The molecule has 0 saturated heterocycles. The molecule has 30 heavy (non-hydrogen) atoms. The molecule has 1 atom stereocenters. The SMILES string of the molecule is COC(=O)CC(NC(=O)c1ccc2c(c1)C(=O)c1ccccc1-2)c1ccc(Cl)cc1. The molecule has 0 aromatic heterocycles. The molecule has 1 unspecified atom stereocenters. The molecule has 5 nitrogen and oxygen atoms in total. The van der Waals surface area contributed by atoms with Gasteiger partial charge in [-0.25, -0.2) is 0 Å². The highest BCUT2D eigenvalue weighted by molar-refractivity contribution is 6.30. The third-order valence-corrected chi connectivity index (χ3v) is 5.42. The minimum atomic E-state index is -0.594. The largest absolute Gasteiger partial charge is 0.469 e. The van der Waals surface area contributed by atoms with Gasteiger partial charge >= 0.3 is 5.97 Å². The zero-order chi connectivity index (χ0) is 21.3. The number of benzene rings is 3. The van der Waals surface area contributed by atoms with Gasteiger partial charge in [0.25, 0.3) is 5.91 Å². The summed E-state index contributed by atoms with van der Waals surface area (Å²) in [6, 6.07) is 18.7. The maximum atomic E-state index is 12.9.